The number of halogens is 1. The maximum absolute atomic E-state index is 6.02. The van der Waals surface area contributed by atoms with Gasteiger partial charge in [0, 0.05) is 24.2 Å². The molecule has 0 saturated carbocycles. The van der Waals surface area contributed by atoms with Gasteiger partial charge >= 0.3 is 0 Å². The van der Waals surface area contributed by atoms with Gasteiger partial charge in [-0.25, -0.2) is 9.97 Å². The first kappa shape index (κ1) is 14.9. The van der Waals surface area contributed by atoms with E-state index in [0.29, 0.717) is 11.1 Å². The summed E-state index contributed by atoms with van der Waals surface area (Å²) < 4.78 is 0. The van der Waals surface area contributed by atoms with Crippen molar-refractivity contribution in [2.24, 2.45) is 0 Å². The normalized spacial score (nSPS) is 11.3. The van der Waals surface area contributed by atoms with Gasteiger partial charge in [-0.05, 0) is 35.9 Å². The van der Waals surface area contributed by atoms with E-state index in [4.69, 9.17) is 16.6 Å². The van der Waals surface area contributed by atoms with Crippen molar-refractivity contribution in [3.8, 4) is 11.1 Å². The number of benzene rings is 1. The Labute approximate surface area is 153 Å². The van der Waals surface area contributed by atoms with Crippen LogP contribution in [0.5, 0.6) is 0 Å². The van der Waals surface area contributed by atoms with E-state index in [-0.39, 0.29) is 0 Å². The number of hydrogen-bond donors (Lipinski definition) is 3. The zero-order chi connectivity index (χ0) is 17.5. The lowest BCUT2D eigenvalue weighted by molar-refractivity contribution is 1.31. The predicted molar refractivity (Wildman–Crippen MR) is 104 cm³/mol. The molecule has 5 aromatic rings. The lowest BCUT2D eigenvalue weighted by Crippen LogP contribution is -1.92. The molecule has 0 spiro atoms. The highest BCUT2D eigenvalue weighted by molar-refractivity contribution is 6.29. The van der Waals surface area contributed by atoms with Gasteiger partial charge in [-0.3, -0.25) is 4.98 Å². The van der Waals surface area contributed by atoms with E-state index in [2.05, 4.69) is 31.3 Å². The fourth-order valence-corrected chi connectivity index (χ4v) is 3.20. The molecule has 0 saturated heterocycles. The highest BCUT2D eigenvalue weighted by Crippen LogP contribution is 2.30. The molecule has 0 aliphatic heterocycles. The zero-order valence-corrected chi connectivity index (χ0v) is 14.2. The van der Waals surface area contributed by atoms with Gasteiger partial charge in [-0.15, -0.1) is 0 Å². The van der Waals surface area contributed by atoms with Crippen molar-refractivity contribution in [2.45, 2.75) is 0 Å². The minimum atomic E-state index is 0.449. The number of H-pyrrole nitrogens is 2. The molecule has 0 unspecified atom stereocenters. The smallest absolute Gasteiger partial charge is 0.205 e. The van der Waals surface area contributed by atoms with Crippen LogP contribution in [-0.2, 0) is 0 Å². The van der Waals surface area contributed by atoms with Crippen molar-refractivity contribution in [3.05, 3.63) is 66.2 Å². The van der Waals surface area contributed by atoms with Gasteiger partial charge in [-0.2, -0.15) is 0 Å². The highest BCUT2D eigenvalue weighted by Gasteiger charge is 2.11. The largest absolute Gasteiger partial charge is 0.358 e. The number of imidazole rings is 1. The lowest BCUT2D eigenvalue weighted by atomic mass is 10.1. The molecular formula is C19H13ClN6. The number of aromatic nitrogens is 5. The van der Waals surface area contributed by atoms with Crippen molar-refractivity contribution < 1.29 is 0 Å². The van der Waals surface area contributed by atoms with Crippen LogP contribution in [0, 0.1) is 0 Å². The molecule has 4 aromatic heterocycles. The SMILES string of the molecule is Clc1ccc2[nH]cc(Nc3nc4c(-c5ccncc5)cccc4[nH]3)c2n1. The fraction of sp³-hybridized carbons (Fsp3) is 0. The van der Waals surface area contributed by atoms with Gasteiger partial charge in [0.15, 0.2) is 0 Å². The molecule has 0 radical (unpaired) electrons. The Morgan fingerprint density at radius 3 is 2.65 bits per heavy atom. The Balaban J connectivity index is 1.59. The molecule has 26 heavy (non-hydrogen) atoms. The highest BCUT2D eigenvalue weighted by atomic mass is 35.5. The van der Waals surface area contributed by atoms with Crippen LogP contribution in [0.25, 0.3) is 33.2 Å². The lowest BCUT2D eigenvalue weighted by Gasteiger charge is -2.01. The minimum Gasteiger partial charge on any atom is -0.358 e. The van der Waals surface area contributed by atoms with Gasteiger partial charge in [-0.1, -0.05) is 23.7 Å². The summed E-state index contributed by atoms with van der Waals surface area (Å²) in [4.78, 5) is 19.7. The summed E-state index contributed by atoms with van der Waals surface area (Å²) in [6.07, 6.45) is 5.41. The number of rotatable bonds is 3. The number of fused-ring (bicyclic) bond motifs is 2. The van der Waals surface area contributed by atoms with Gasteiger partial charge in [0.2, 0.25) is 5.95 Å². The summed E-state index contributed by atoms with van der Waals surface area (Å²) in [5.41, 5.74) is 6.46. The number of nitrogens with zero attached hydrogens (tertiary/aromatic N) is 3. The molecule has 5 rings (SSSR count). The molecule has 0 bridgehead atoms. The maximum Gasteiger partial charge on any atom is 0.205 e. The van der Waals surface area contributed by atoms with Crippen LogP contribution in [0.1, 0.15) is 0 Å². The summed E-state index contributed by atoms with van der Waals surface area (Å²) in [7, 11) is 0. The Hall–Kier alpha value is -3.38. The standard InChI is InChI=1S/C19H13ClN6/c20-16-5-4-13-18(25-16)15(10-22-13)24-19-23-14-3-1-2-12(17(14)26-19)11-6-8-21-9-7-11/h1-10,22H,(H2,23,24,26). The number of hydrogen-bond acceptors (Lipinski definition) is 4. The van der Waals surface area contributed by atoms with Crippen molar-refractivity contribution in [2.75, 3.05) is 5.32 Å². The predicted octanol–water partition coefficient (Wildman–Crippen LogP) is 4.90. The first-order valence-corrected chi connectivity index (χ1v) is 8.45. The first-order valence-electron chi connectivity index (χ1n) is 8.08. The van der Waals surface area contributed by atoms with Crippen LogP contribution in [-0.4, -0.2) is 24.9 Å². The van der Waals surface area contributed by atoms with Crippen LogP contribution >= 0.6 is 11.6 Å². The molecule has 0 fully saturated rings. The summed E-state index contributed by atoms with van der Waals surface area (Å²) in [6.45, 7) is 0. The maximum atomic E-state index is 6.02. The van der Waals surface area contributed by atoms with Crippen LogP contribution in [0.15, 0.2) is 61.1 Å². The van der Waals surface area contributed by atoms with Crippen molar-refractivity contribution in [3.63, 3.8) is 0 Å². The summed E-state index contributed by atoms with van der Waals surface area (Å²) >= 11 is 6.02. The Kier molecular flexibility index (Phi) is 3.36. The second-order valence-electron chi connectivity index (χ2n) is 5.88. The summed E-state index contributed by atoms with van der Waals surface area (Å²) in [5.74, 6) is 0.643. The van der Waals surface area contributed by atoms with E-state index in [1.807, 2.05) is 36.5 Å². The molecule has 0 amide bonds. The van der Waals surface area contributed by atoms with Crippen LogP contribution in [0.4, 0.5) is 11.6 Å². The van der Waals surface area contributed by atoms with Crippen LogP contribution in [0.2, 0.25) is 5.15 Å². The molecule has 0 atom stereocenters. The number of para-hydroxylation sites is 1. The Bertz CT molecular complexity index is 1220. The van der Waals surface area contributed by atoms with Gasteiger partial charge in [0.1, 0.15) is 10.7 Å². The third-order valence-electron chi connectivity index (χ3n) is 4.25. The minimum absolute atomic E-state index is 0.449. The molecule has 6 nitrogen and oxygen atoms in total. The third-order valence-corrected chi connectivity index (χ3v) is 4.46. The monoisotopic (exact) mass is 360 g/mol. The molecule has 0 aliphatic rings. The quantitative estimate of drug-likeness (QED) is 0.400. The molecule has 7 heteroatoms. The summed E-state index contributed by atoms with van der Waals surface area (Å²) in [5, 5.41) is 3.74. The van der Waals surface area contributed by atoms with E-state index < -0.39 is 0 Å². The van der Waals surface area contributed by atoms with E-state index in [0.717, 1.165) is 38.9 Å². The number of pyridine rings is 2. The number of anilines is 2. The van der Waals surface area contributed by atoms with E-state index in [9.17, 15) is 0 Å². The van der Waals surface area contributed by atoms with Gasteiger partial charge in [0.05, 0.1) is 22.2 Å². The summed E-state index contributed by atoms with van der Waals surface area (Å²) in [6, 6.07) is 13.7. The Morgan fingerprint density at radius 2 is 1.77 bits per heavy atom. The van der Waals surface area contributed by atoms with Gasteiger partial charge in [0.25, 0.3) is 0 Å². The first-order chi connectivity index (χ1) is 12.8. The van der Waals surface area contributed by atoms with E-state index >= 15 is 0 Å². The van der Waals surface area contributed by atoms with E-state index in [1.165, 1.54) is 0 Å². The number of nitrogens with one attached hydrogen (secondary N) is 3. The molecule has 4 heterocycles. The number of aromatic amines is 2. The van der Waals surface area contributed by atoms with Crippen molar-refractivity contribution in [1.82, 2.24) is 24.9 Å². The van der Waals surface area contributed by atoms with E-state index in [1.54, 1.807) is 18.5 Å². The molecule has 0 aliphatic carbocycles. The fourth-order valence-electron chi connectivity index (χ4n) is 3.05. The average Bonchev–Trinajstić information content (AvgIpc) is 3.26. The average molecular weight is 361 g/mol. The zero-order valence-electron chi connectivity index (χ0n) is 13.5. The van der Waals surface area contributed by atoms with Crippen LogP contribution in [0.3, 0.4) is 0 Å². The van der Waals surface area contributed by atoms with Crippen LogP contribution < -0.4 is 5.32 Å². The molecule has 3 N–H and O–H groups in total. The molecule has 126 valence electrons. The molecule has 1 aromatic carbocycles. The van der Waals surface area contributed by atoms with Gasteiger partial charge < -0.3 is 15.3 Å². The van der Waals surface area contributed by atoms with Crippen molar-refractivity contribution in [1.29, 1.82) is 0 Å². The second-order valence-corrected chi connectivity index (χ2v) is 6.27. The third kappa shape index (κ3) is 2.48. The Morgan fingerprint density at radius 1 is 0.885 bits per heavy atom. The topological polar surface area (TPSA) is 82.3 Å². The molecular weight excluding hydrogens is 348 g/mol. The van der Waals surface area contributed by atoms with Crippen molar-refractivity contribution >= 4 is 45.3 Å². The second kappa shape index (κ2) is 5.86.